The van der Waals surface area contributed by atoms with E-state index in [1.54, 1.807) is 6.07 Å². The maximum Gasteiger partial charge on any atom is 0.251 e. The number of alkyl halides is 1. The summed E-state index contributed by atoms with van der Waals surface area (Å²) in [4.78, 5) is 19.4. The summed E-state index contributed by atoms with van der Waals surface area (Å²) in [6.45, 7) is 20.2. The summed E-state index contributed by atoms with van der Waals surface area (Å²) in [6.07, 6.45) is 0. The summed E-state index contributed by atoms with van der Waals surface area (Å²) in [5.74, 6) is 3.02. The first-order chi connectivity index (χ1) is 38.0. The number of nitrogens with two attached hydrogens (primary N) is 1. The quantitative estimate of drug-likeness (QED) is 0.0764. The predicted molar refractivity (Wildman–Crippen MR) is 350 cm³/mol. The second-order valence-corrected chi connectivity index (χ2v) is 38.0. The molecule has 1 amide bonds. The van der Waals surface area contributed by atoms with E-state index in [4.69, 9.17) is 87.4 Å². The number of amidine groups is 1. The van der Waals surface area contributed by atoms with Crippen LogP contribution < -0.4 is 16.0 Å². The Morgan fingerprint density at radius 1 is 0.525 bits per heavy atom. The number of hydrogen-bond acceptors (Lipinski definition) is 6. The largest absolute Gasteiger partial charge is 0.456 e. The third-order valence-corrected chi connectivity index (χ3v) is 14.1. The van der Waals surface area contributed by atoms with Crippen molar-refractivity contribution in [1.29, 1.82) is 0 Å². The van der Waals surface area contributed by atoms with E-state index in [1.165, 1.54) is 50.2 Å². The SMILES string of the molecule is CC(C)c1cc(-c2ccccc2)cc(C(C)C)c1N.CC(C)c1cc(-c2ccccc2)cc(C(C)C)c1N1CCN=C1c1ccc2oc3ccccc3c2c1.ClP(Cl)(Cl)(Cl)Cl.O=C(NCCCl)c1ccc2oc3ccccc3c2c1. The van der Waals surface area contributed by atoms with Crippen molar-refractivity contribution in [1.82, 2.24) is 5.32 Å². The van der Waals surface area contributed by atoms with Crippen LogP contribution in [0.5, 0.6) is 0 Å². The van der Waals surface area contributed by atoms with Crippen molar-refractivity contribution in [3.05, 3.63) is 203 Å². The summed E-state index contributed by atoms with van der Waals surface area (Å²) in [7, 11) is 0. The van der Waals surface area contributed by atoms with E-state index in [-0.39, 0.29) is 5.91 Å². The molecule has 3 N–H and O–H groups in total. The molecule has 0 atom stereocenters. The Labute approximate surface area is 499 Å². The molecule has 0 saturated heterocycles. The number of furan rings is 2. The normalized spacial score (nSPS) is 13.0. The van der Waals surface area contributed by atoms with Crippen molar-refractivity contribution in [2.75, 3.05) is 36.1 Å². The van der Waals surface area contributed by atoms with E-state index >= 15 is 0 Å². The van der Waals surface area contributed by atoms with Gasteiger partial charge in [-0.2, -0.15) is 0 Å². The molecule has 0 radical (unpaired) electrons. The van der Waals surface area contributed by atoms with Crippen LogP contribution in [0.1, 0.15) is 117 Å². The maximum absolute atomic E-state index is 11.9. The number of halogens is 6. The molecule has 3 heterocycles. The summed E-state index contributed by atoms with van der Waals surface area (Å²) >= 11 is 30.4. The standard InChI is InChI=1S/C33H32N2O.C18H23N.C15H12ClNO2.Cl5P/c1-21(2)27-19-25(23-10-6-5-7-11-23)20-28(22(3)4)32(27)35-17-16-34-33(35)24-14-15-31-29(18-24)26-12-8-9-13-30(26)36-31;1-12(2)16-10-15(14-8-6-5-7-9-14)11-17(13(3)4)18(16)19;16-7-8-17-15(18)10-5-6-14-12(9-10)11-3-1-2-4-13(11)19-14;1-6(2,3,4)5/h5-15,18-22H,16-17H2,1-4H3;5-13H,19H2,1-4H3;1-6,9H,7-8H2,(H,17,18);. The van der Waals surface area contributed by atoms with Gasteiger partial charge >= 0.3 is 59.6 Å². The third kappa shape index (κ3) is 15.0. The van der Waals surface area contributed by atoms with Gasteiger partial charge in [0.2, 0.25) is 0 Å². The van der Waals surface area contributed by atoms with E-state index in [2.05, 4.69) is 175 Å². The molecule has 0 spiro atoms. The molecular formula is C66H67Cl6N4O3P. The summed E-state index contributed by atoms with van der Waals surface area (Å²) in [6, 6.07) is 58.5. The van der Waals surface area contributed by atoms with Crippen molar-refractivity contribution < 1.29 is 13.6 Å². The van der Waals surface area contributed by atoms with E-state index in [0.717, 1.165) is 74.1 Å². The third-order valence-electron chi connectivity index (χ3n) is 13.9. The Morgan fingerprint density at radius 2 is 0.938 bits per heavy atom. The number of para-hydroxylation sites is 2. The number of carbonyl (C=O) groups excluding carboxylic acids is 1. The Morgan fingerprint density at radius 3 is 1.40 bits per heavy atom. The van der Waals surface area contributed by atoms with E-state index in [0.29, 0.717) is 41.7 Å². The molecule has 7 nitrogen and oxygen atoms in total. The molecule has 1 aliphatic heterocycles. The van der Waals surface area contributed by atoms with Gasteiger partial charge in [-0.3, -0.25) is 9.79 Å². The fraction of sp³-hybridized carbons (Fsp3) is 0.242. The minimum Gasteiger partial charge on any atom is -0.456 e. The van der Waals surface area contributed by atoms with Crippen molar-refractivity contribution in [3.8, 4) is 22.3 Å². The minimum atomic E-state index is -3.69. The maximum atomic E-state index is 11.9. The average molecular weight is 1210 g/mol. The van der Waals surface area contributed by atoms with Crippen LogP contribution in [-0.2, 0) is 0 Å². The molecule has 80 heavy (non-hydrogen) atoms. The number of anilines is 2. The molecule has 8 aromatic carbocycles. The molecule has 416 valence electrons. The number of amides is 1. The van der Waals surface area contributed by atoms with Crippen LogP contribution in [0.3, 0.4) is 0 Å². The Kier molecular flexibility index (Phi) is 19.6. The fourth-order valence-corrected chi connectivity index (χ4v) is 10.1. The van der Waals surface area contributed by atoms with Gasteiger partial charge in [-0.05, 0) is 141 Å². The van der Waals surface area contributed by atoms with Crippen LogP contribution in [0, 0.1) is 0 Å². The van der Waals surface area contributed by atoms with Gasteiger partial charge in [-0.1, -0.05) is 152 Å². The van der Waals surface area contributed by atoms with Crippen LogP contribution in [0.25, 0.3) is 66.1 Å². The first-order valence-corrected chi connectivity index (χ1v) is 34.2. The van der Waals surface area contributed by atoms with E-state index < -0.39 is 3.37 Å². The van der Waals surface area contributed by atoms with Gasteiger partial charge in [0.15, 0.2) is 0 Å². The molecule has 0 aliphatic carbocycles. The Bertz CT molecular complexity index is 3730. The number of carbonyl (C=O) groups is 1. The molecule has 0 fully saturated rings. The Hall–Kier alpha value is -5.73. The number of hydrogen-bond donors (Lipinski definition) is 2. The first-order valence-electron chi connectivity index (χ1n) is 26.9. The molecule has 10 aromatic rings. The van der Waals surface area contributed by atoms with Gasteiger partial charge in [0.1, 0.15) is 28.2 Å². The monoisotopic (exact) mass is 1200 g/mol. The van der Waals surface area contributed by atoms with Crippen molar-refractivity contribution in [3.63, 3.8) is 0 Å². The van der Waals surface area contributed by atoms with Gasteiger partial charge in [0.05, 0.1) is 6.54 Å². The number of aliphatic imine (C=N–C) groups is 1. The molecular weight excluding hydrogens is 1140 g/mol. The number of nitrogens with one attached hydrogen (secondary N) is 1. The number of rotatable bonds is 11. The summed E-state index contributed by atoms with van der Waals surface area (Å²) in [5, 5.41) is 7.02. The van der Waals surface area contributed by atoms with Gasteiger partial charge < -0.3 is 24.8 Å². The van der Waals surface area contributed by atoms with Crippen LogP contribution in [0.4, 0.5) is 11.4 Å². The molecule has 2 aromatic heterocycles. The minimum absolute atomic E-state index is 0.118. The van der Waals surface area contributed by atoms with Gasteiger partial charge in [-0.25, -0.2) is 0 Å². The zero-order valence-corrected chi connectivity index (χ0v) is 51.6. The number of benzene rings is 8. The van der Waals surface area contributed by atoms with Crippen molar-refractivity contribution in [2.24, 2.45) is 4.99 Å². The topological polar surface area (TPSA) is 97.0 Å². The number of nitrogens with zero attached hydrogens (tertiary/aromatic N) is 2. The van der Waals surface area contributed by atoms with E-state index in [1.807, 2.05) is 54.6 Å². The van der Waals surface area contributed by atoms with Crippen molar-refractivity contribution >= 4 is 138 Å². The molecule has 0 bridgehead atoms. The second-order valence-electron chi connectivity index (χ2n) is 21.0. The zero-order valence-electron chi connectivity index (χ0n) is 46.2. The molecule has 1 aliphatic rings. The van der Waals surface area contributed by atoms with Gasteiger partial charge in [-0.15, -0.1) is 11.6 Å². The molecule has 0 unspecified atom stereocenters. The van der Waals surface area contributed by atoms with Crippen molar-refractivity contribution in [2.45, 2.75) is 79.1 Å². The summed E-state index contributed by atoms with van der Waals surface area (Å²) in [5.41, 5.74) is 24.2. The van der Waals surface area contributed by atoms with Crippen LogP contribution >= 0.6 is 71.2 Å². The van der Waals surface area contributed by atoms with Crippen LogP contribution in [-0.4, -0.2) is 37.3 Å². The first kappa shape index (κ1) is 60.4. The van der Waals surface area contributed by atoms with Gasteiger partial charge in [0, 0.05) is 63.0 Å². The molecule has 14 heteroatoms. The fourth-order valence-electron chi connectivity index (χ4n) is 10.0. The van der Waals surface area contributed by atoms with Gasteiger partial charge in [0.25, 0.3) is 5.91 Å². The summed E-state index contributed by atoms with van der Waals surface area (Å²) < 4.78 is 8.11. The molecule has 0 saturated carbocycles. The van der Waals surface area contributed by atoms with E-state index in [9.17, 15) is 4.79 Å². The molecule has 11 rings (SSSR count). The average Bonchev–Trinajstić information content (AvgIpc) is 4.18. The zero-order chi connectivity index (χ0) is 57.5. The predicted octanol–water partition coefficient (Wildman–Crippen LogP) is 21.8. The second kappa shape index (κ2) is 26.0. The smallest absolute Gasteiger partial charge is 0.251 e. The van der Waals surface area contributed by atoms with Crippen LogP contribution in [0.15, 0.2) is 184 Å². The van der Waals surface area contributed by atoms with Crippen LogP contribution in [0.2, 0.25) is 0 Å². The number of nitrogen functional groups attached to an aromatic ring is 1. The number of fused-ring (bicyclic) bond motifs is 6. The Balaban J connectivity index is 0.000000162.